The maximum absolute atomic E-state index is 12.5. The highest BCUT2D eigenvalue weighted by atomic mass is 16.3. The van der Waals surface area contributed by atoms with Gasteiger partial charge in [0.15, 0.2) is 5.76 Å². The second-order valence-corrected chi connectivity index (χ2v) is 5.73. The Balaban J connectivity index is 1.55. The molecule has 1 atom stereocenters. The van der Waals surface area contributed by atoms with Gasteiger partial charge in [0.05, 0.1) is 12.3 Å². The maximum Gasteiger partial charge on any atom is 0.289 e. The van der Waals surface area contributed by atoms with Crippen molar-refractivity contribution in [2.75, 3.05) is 39.8 Å². The van der Waals surface area contributed by atoms with Gasteiger partial charge in [0, 0.05) is 26.2 Å². The standard InChI is InChI=1S/C15H21N3O3/c1-16-6-2-4-12(16)14(19)17-7-9-18(10-8-17)15(20)13-5-3-11-21-13/h3,5,11-12H,2,4,6-10H2,1H3. The normalized spacial score (nSPS) is 23.6. The zero-order valence-electron chi connectivity index (χ0n) is 12.3. The predicted molar refractivity (Wildman–Crippen MR) is 76.8 cm³/mol. The van der Waals surface area contributed by atoms with Crippen LogP contribution in [0.25, 0.3) is 0 Å². The van der Waals surface area contributed by atoms with Crippen molar-refractivity contribution < 1.29 is 14.0 Å². The molecule has 1 unspecified atom stereocenters. The van der Waals surface area contributed by atoms with Crippen LogP contribution in [0.15, 0.2) is 22.8 Å². The largest absolute Gasteiger partial charge is 0.459 e. The third-order valence-electron chi connectivity index (χ3n) is 4.42. The predicted octanol–water partition coefficient (Wildman–Crippen LogP) is 0.658. The summed E-state index contributed by atoms with van der Waals surface area (Å²) in [6, 6.07) is 3.41. The molecule has 6 heteroatoms. The van der Waals surface area contributed by atoms with E-state index in [4.69, 9.17) is 4.42 Å². The van der Waals surface area contributed by atoms with E-state index in [0.717, 1.165) is 19.4 Å². The van der Waals surface area contributed by atoms with Gasteiger partial charge in [-0.3, -0.25) is 14.5 Å². The molecule has 0 radical (unpaired) electrons. The topological polar surface area (TPSA) is 57.0 Å². The van der Waals surface area contributed by atoms with Crippen LogP contribution in [0.3, 0.4) is 0 Å². The lowest BCUT2D eigenvalue weighted by molar-refractivity contribution is -0.137. The Kier molecular flexibility index (Phi) is 3.96. The highest BCUT2D eigenvalue weighted by Crippen LogP contribution is 2.18. The van der Waals surface area contributed by atoms with E-state index in [-0.39, 0.29) is 17.9 Å². The van der Waals surface area contributed by atoms with Gasteiger partial charge in [-0.05, 0) is 38.6 Å². The monoisotopic (exact) mass is 291 g/mol. The Morgan fingerprint density at radius 1 is 1.14 bits per heavy atom. The van der Waals surface area contributed by atoms with Crippen molar-refractivity contribution in [1.29, 1.82) is 0 Å². The number of hydrogen-bond acceptors (Lipinski definition) is 4. The molecule has 1 aromatic rings. The highest BCUT2D eigenvalue weighted by molar-refractivity contribution is 5.91. The number of nitrogens with zero attached hydrogens (tertiary/aromatic N) is 3. The van der Waals surface area contributed by atoms with Crippen molar-refractivity contribution in [1.82, 2.24) is 14.7 Å². The summed E-state index contributed by atoms with van der Waals surface area (Å²) in [6.45, 7) is 3.35. The van der Waals surface area contributed by atoms with Gasteiger partial charge < -0.3 is 14.2 Å². The van der Waals surface area contributed by atoms with E-state index in [1.807, 2.05) is 11.9 Å². The van der Waals surface area contributed by atoms with Crippen LogP contribution in [0.2, 0.25) is 0 Å². The third kappa shape index (κ3) is 2.81. The van der Waals surface area contributed by atoms with Gasteiger partial charge in [0.2, 0.25) is 5.91 Å². The number of furan rings is 1. The quantitative estimate of drug-likeness (QED) is 0.803. The zero-order chi connectivity index (χ0) is 14.8. The summed E-state index contributed by atoms with van der Waals surface area (Å²) in [5.74, 6) is 0.482. The highest BCUT2D eigenvalue weighted by Gasteiger charge is 2.33. The smallest absolute Gasteiger partial charge is 0.289 e. The molecule has 0 saturated carbocycles. The molecular formula is C15H21N3O3. The minimum absolute atomic E-state index is 0.0253. The van der Waals surface area contributed by atoms with Crippen LogP contribution < -0.4 is 0 Å². The van der Waals surface area contributed by atoms with Crippen LogP contribution in [0.4, 0.5) is 0 Å². The molecule has 0 aliphatic carbocycles. The SMILES string of the molecule is CN1CCCC1C(=O)N1CCN(C(=O)c2ccco2)CC1. The van der Waals surface area contributed by atoms with Gasteiger partial charge in [-0.15, -0.1) is 0 Å². The summed E-state index contributed by atoms with van der Waals surface area (Å²) < 4.78 is 5.14. The number of rotatable bonds is 2. The summed E-state index contributed by atoms with van der Waals surface area (Å²) in [7, 11) is 2.01. The van der Waals surface area contributed by atoms with E-state index < -0.39 is 0 Å². The second-order valence-electron chi connectivity index (χ2n) is 5.73. The van der Waals surface area contributed by atoms with E-state index in [9.17, 15) is 9.59 Å². The Labute approximate surface area is 124 Å². The van der Waals surface area contributed by atoms with E-state index in [0.29, 0.717) is 31.9 Å². The van der Waals surface area contributed by atoms with Crippen molar-refractivity contribution in [3.63, 3.8) is 0 Å². The minimum atomic E-state index is -0.0925. The second kappa shape index (κ2) is 5.89. The number of hydrogen-bond donors (Lipinski definition) is 0. The summed E-state index contributed by atoms with van der Waals surface area (Å²) in [5.41, 5.74) is 0. The van der Waals surface area contributed by atoms with Crippen LogP contribution >= 0.6 is 0 Å². The number of piperazine rings is 1. The number of carbonyl (C=O) groups is 2. The molecule has 0 bridgehead atoms. The van der Waals surface area contributed by atoms with Gasteiger partial charge in [-0.1, -0.05) is 0 Å². The molecular weight excluding hydrogens is 270 g/mol. The Bertz CT molecular complexity index is 506. The third-order valence-corrected chi connectivity index (χ3v) is 4.42. The first-order valence-corrected chi connectivity index (χ1v) is 7.48. The Morgan fingerprint density at radius 2 is 1.86 bits per heavy atom. The van der Waals surface area contributed by atoms with Crippen LogP contribution in [-0.2, 0) is 4.79 Å². The molecule has 2 aliphatic rings. The van der Waals surface area contributed by atoms with Crippen LogP contribution in [0, 0.1) is 0 Å². The van der Waals surface area contributed by atoms with E-state index in [2.05, 4.69) is 4.90 Å². The van der Waals surface area contributed by atoms with Crippen LogP contribution in [-0.4, -0.2) is 72.3 Å². The summed E-state index contributed by atoms with van der Waals surface area (Å²) in [5, 5.41) is 0. The molecule has 0 aromatic carbocycles. The lowest BCUT2D eigenvalue weighted by atomic mass is 10.1. The molecule has 0 N–H and O–H groups in total. The molecule has 0 spiro atoms. The molecule has 21 heavy (non-hydrogen) atoms. The number of likely N-dealkylation sites (tertiary alicyclic amines) is 1. The molecule has 2 aliphatic heterocycles. The fraction of sp³-hybridized carbons (Fsp3) is 0.600. The van der Waals surface area contributed by atoms with E-state index in [1.165, 1.54) is 6.26 Å². The van der Waals surface area contributed by atoms with Gasteiger partial charge >= 0.3 is 0 Å². The van der Waals surface area contributed by atoms with Crippen LogP contribution in [0.1, 0.15) is 23.4 Å². The average Bonchev–Trinajstić information content (AvgIpc) is 3.17. The van der Waals surface area contributed by atoms with Crippen molar-refractivity contribution >= 4 is 11.8 Å². The molecule has 1 aromatic heterocycles. The fourth-order valence-corrected chi connectivity index (χ4v) is 3.12. The van der Waals surface area contributed by atoms with Gasteiger partial charge in [-0.25, -0.2) is 0 Å². The number of amides is 2. The first-order valence-electron chi connectivity index (χ1n) is 7.48. The molecule has 3 rings (SSSR count). The van der Waals surface area contributed by atoms with Gasteiger partial charge in [0.25, 0.3) is 5.91 Å². The zero-order valence-corrected chi connectivity index (χ0v) is 12.3. The average molecular weight is 291 g/mol. The summed E-state index contributed by atoms with van der Waals surface area (Å²) in [4.78, 5) is 30.4. The Hall–Kier alpha value is -1.82. The van der Waals surface area contributed by atoms with E-state index >= 15 is 0 Å². The first-order chi connectivity index (χ1) is 10.2. The molecule has 3 heterocycles. The van der Waals surface area contributed by atoms with E-state index in [1.54, 1.807) is 17.0 Å². The minimum Gasteiger partial charge on any atom is -0.459 e. The number of carbonyl (C=O) groups excluding carboxylic acids is 2. The van der Waals surface area contributed by atoms with Gasteiger partial charge in [0.1, 0.15) is 0 Å². The molecule has 2 saturated heterocycles. The number of likely N-dealkylation sites (N-methyl/N-ethyl adjacent to an activating group) is 1. The maximum atomic E-state index is 12.5. The summed E-state index contributed by atoms with van der Waals surface area (Å²) >= 11 is 0. The van der Waals surface area contributed by atoms with Crippen molar-refractivity contribution in [2.45, 2.75) is 18.9 Å². The lowest BCUT2D eigenvalue weighted by Gasteiger charge is -2.36. The van der Waals surface area contributed by atoms with Crippen molar-refractivity contribution in [3.05, 3.63) is 24.2 Å². The lowest BCUT2D eigenvalue weighted by Crippen LogP contribution is -2.54. The van der Waals surface area contributed by atoms with Gasteiger partial charge in [-0.2, -0.15) is 0 Å². The summed E-state index contributed by atoms with van der Waals surface area (Å²) in [6.07, 6.45) is 3.54. The Morgan fingerprint density at radius 3 is 2.43 bits per heavy atom. The molecule has 2 fully saturated rings. The van der Waals surface area contributed by atoms with Crippen LogP contribution in [0.5, 0.6) is 0 Å². The molecule has 6 nitrogen and oxygen atoms in total. The fourth-order valence-electron chi connectivity index (χ4n) is 3.12. The van der Waals surface area contributed by atoms with Crippen molar-refractivity contribution in [2.24, 2.45) is 0 Å². The van der Waals surface area contributed by atoms with Crippen molar-refractivity contribution in [3.8, 4) is 0 Å². The first kappa shape index (κ1) is 14.1. The molecule has 2 amide bonds. The molecule has 114 valence electrons.